The van der Waals surface area contributed by atoms with Crippen LogP contribution in [0.2, 0.25) is 0 Å². The largest absolute Gasteiger partial charge is 0.497 e. The third-order valence-corrected chi connectivity index (χ3v) is 4.97. The van der Waals surface area contributed by atoms with Gasteiger partial charge in [0.15, 0.2) is 0 Å². The zero-order valence-corrected chi connectivity index (χ0v) is 13.5. The van der Waals surface area contributed by atoms with Crippen molar-refractivity contribution in [1.29, 1.82) is 0 Å². The molecule has 2 fully saturated rings. The summed E-state index contributed by atoms with van der Waals surface area (Å²) < 4.78 is 5.21. The Balaban J connectivity index is 1.73. The third kappa shape index (κ3) is 3.43. The number of carbonyl (C=O) groups excluding carboxylic acids is 1. The second kappa shape index (κ2) is 6.69. The smallest absolute Gasteiger partial charge is 0.226 e. The lowest BCUT2D eigenvalue weighted by Gasteiger charge is -2.35. The lowest BCUT2D eigenvalue weighted by Crippen LogP contribution is -2.46. The molecule has 1 N–H and O–H groups in total. The van der Waals surface area contributed by atoms with Crippen LogP contribution < -0.4 is 10.1 Å². The van der Waals surface area contributed by atoms with E-state index in [-0.39, 0.29) is 5.92 Å². The summed E-state index contributed by atoms with van der Waals surface area (Å²) in [5, 5.41) is 3.39. The van der Waals surface area contributed by atoms with Gasteiger partial charge in [0.05, 0.1) is 7.11 Å². The molecule has 0 bridgehead atoms. The van der Waals surface area contributed by atoms with Gasteiger partial charge in [0.1, 0.15) is 5.75 Å². The summed E-state index contributed by atoms with van der Waals surface area (Å²) in [5.41, 5.74) is 1.18. The molecule has 2 unspecified atom stereocenters. The summed E-state index contributed by atoms with van der Waals surface area (Å²) in [7, 11) is 1.67. The molecule has 1 aromatic rings. The highest BCUT2D eigenvalue weighted by atomic mass is 16.5. The van der Waals surface area contributed by atoms with Crippen molar-refractivity contribution < 1.29 is 9.53 Å². The summed E-state index contributed by atoms with van der Waals surface area (Å²) in [6.45, 7) is 4.92. The molecular weight excluding hydrogens is 276 g/mol. The van der Waals surface area contributed by atoms with Gasteiger partial charge < -0.3 is 15.0 Å². The number of methoxy groups -OCH3 is 1. The van der Waals surface area contributed by atoms with Gasteiger partial charge in [0.25, 0.3) is 0 Å². The Bertz CT molecular complexity index is 508. The Morgan fingerprint density at radius 1 is 1.27 bits per heavy atom. The fourth-order valence-corrected chi connectivity index (χ4v) is 3.31. The first-order valence-corrected chi connectivity index (χ1v) is 8.33. The second-order valence-electron chi connectivity index (χ2n) is 6.61. The molecule has 1 aromatic carbocycles. The van der Waals surface area contributed by atoms with E-state index in [1.807, 2.05) is 12.1 Å². The van der Waals surface area contributed by atoms with E-state index in [1.165, 1.54) is 5.56 Å². The van der Waals surface area contributed by atoms with E-state index in [0.29, 0.717) is 17.9 Å². The maximum atomic E-state index is 12.8. The maximum Gasteiger partial charge on any atom is 0.226 e. The molecule has 1 amide bonds. The second-order valence-corrected chi connectivity index (χ2v) is 6.61. The lowest BCUT2D eigenvalue weighted by molar-refractivity contribution is -0.136. The minimum absolute atomic E-state index is 0.258. The van der Waals surface area contributed by atoms with Crippen LogP contribution in [0.3, 0.4) is 0 Å². The number of nitrogens with zero attached hydrogens (tertiary/aromatic N) is 1. The van der Waals surface area contributed by atoms with Crippen molar-refractivity contribution in [3.05, 3.63) is 29.8 Å². The van der Waals surface area contributed by atoms with Crippen molar-refractivity contribution in [1.82, 2.24) is 10.2 Å². The summed E-state index contributed by atoms with van der Waals surface area (Å²) in [5.74, 6) is 2.04. The first-order valence-electron chi connectivity index (χ1n) is 8.33. The molecule has 1 aliphatic carbocycles. The van der Waals surface area contributed by atoms with Crippen LogP contribution in [0.5, 0.6) is 5.75 Å². The molecule has 0 radical (unpaired) electrons. The van der Waals surface area contributed by atoms with Crippen LogP contribution >= 0.6 is 0 Å². The Labute approximate surface area is 132 Å². The average molecular weight is 302 g/mol. The highest BCUT2D eigenvalue weighted by Gasteiger charge is 2.43. The number of ether oxygens (including phenoxy) is 1. The molecule has 120 valence electrons. The van der Waals surface area contributed by atoms with E-state index in [1.54, 1.807) is 7.11 Å². The molecule has 1 aliphatic heterocycles. The summed E-state index contributed by atoms with van der Waals surface area (Å²) >= 11 is 0. The fraction of sp³-hybridized carbons (Fsp3) is 0.611. The molecule has 4 heteroatoms. The predicted octanol–water partition coefficient (Wildman–Crippen LogP) is 2.43. The van der Waals surface area contributed by atoms with Crippen molar-refractivity contribution in [2.24, 2.45) is 11.8 Å². The van der Waals surface area contributed by atoms with Gasteiger partial charge in [-0.3, -0.25) is 4.79 Å². The first kappa shape index (κ1) is 15.3. The Hall–Kier alpha value is -1.55. The monoisotopic (exact) mass is 302 g/mol. The van der Waals surface area contributed by atoms with Crippen LogP contribution in [0.25, 0.3) is 0 Å². The molecule has 4 nitrogen and oxygen atoms in total. The number of piperidine rings is 1. The third-order valence-electron chi connectivity index (χ3n) is 4.97. The molecule has 1 saturated heterocycles. The molecule has 0 aromatic heterocycles. The van der Waals surface area contributed by atoms with Crippen molar-refractivity contribution in [3.8, 4) is 5.75 Å². The molecular formula is C18H26N2O2. The predicted molar refractivity (Wildman–Crippen MR) is 86.7 cm³/mol. The Kier molecular flexibility index (Phi) is 4.67. The molecule has 2 atom stereocenters. The van der Waals surface area contributed by atoms with Gasteiger partial charge in [-0.15, -0.1) is 0 Å². The molecule has 1 saturated carbocycles. The highest BCUT2D eigenvalue weighted by Crippen LogP contribution is 2.40. The van der Waals surface area contributed by atoms with Crippen LogP contribution in [-0.4, -0.2) is 37.0 Å². The van der Waals surface area contributed by atoms with Crippen molar-refractivity contribution in [2.75, 3.05) is 20.2 Å². The number of hydrogen-bond acceptors (Lipinski definition) is 3. The Morgan fingerprint density at radius 3 is 2.45 bits per heavy atom. The minimum atomic E-state index is 0.258. The highest BCUT2D eigenvalue weighted by molar-refractivity contribution is 5.82. The Morgan fingerprint density at radius 2 is 1.91 bits per heavy atom. The van der Waals surface area contributed by atoms with Gasteiger partial charge >= 0.3 is 0 Å². The van der Waals surface area contributed by atoms with Crippen molar-refractivity contribution in [3.63, 3.8) is 0 Å². The summed E-state index contributed by atoms with van der Waals surface area (Å²) in [4.78, 5) is 15.0. The van der Waals surface area contributed by atoms with Gasteiger partial charge in [-0.05, 0) is 56.0 Å². The van der Waals surface area contributed by atoms with Gasteiger partial charge in [-0.1, -0.05) is 19.1 Å². The zero-order valence-electron chi connectivity index (χ0n) is 13.5. The van der Waals surface area contributed by atoms with E-state index >= 15 is 0 Å². The molecule has 3 rings (SSSR count). The van der Waals surface area contributed by atoms with Gasteiger partial charge in [-0.2, -0.15) is 0 Å². The molecule has 0 spiro atoms. The molecule has 2 aliphatic rings. The van der Waals surface area contributed by atoms with Crippen molar-refractivity contribution >= 4 is 5.91 Å². The van der Waals surface area contributed by atoms with Crippen LogP contribution in [0.1, 0.15) is 31.7 Å². The number of rotatable bonds is 5. The fourth-order valence-electron chi connectivity index (χ4n) is 3.31. The van der Waals surface area contributed by atoms with Gasteiger partial charge in [0, 0.05) is 18.5 Å². The number of nitrogens with one attached hydrogen (secondary N) is 1. The summed E-state index contributed by atoms with van der Waals surface area (Å²) in [6.07, 6.45) is 3.18. The standard InChI is InChI=1S/C18H26N2O2/c1-13-11-17(13)18(21)20(15-7-9-19-10-8-15)12-14-3-5-16(22-2)6-4-14/h3-6,13,15,17,19H,7-12H2,1-2H3. The van der Waals surface area contributed by atoms with E-state index in [0.717, 1.165) is 44.6 Å². The normalized spacial score (nSPS) is 24.8. The average Bonchev–Trinajstić information content (AvgIpc) is 3.30. The van der Waals surface area contributed by atoms with Gasteiger partial charge in [-0.25, -0.2) is 0 Å². The van der Waals surface area contributed by atoms with E-state index in [4.69, 9.17) is 4.74 Å². The molecule has 22 heavy (non-hydrogen) atoms. The van der Waals surface area contributed by atoms with Gasteiger partial charge in [0.2, 0.25) is 5.91 Å². The maximum absolute atomic E-state index is 12.8. The van der Waals surface area contributed by atoms with E-state index in [9.17, 15) is 4.79 Å². The van der Waals surface area contributed by atoms with Crippen molar-refractivity contribution in [2.45, 2.75) is 38.8 Å². The SMILES string of the molecule is COc1ccc(CN(C(=O)C2CC2C)C2CCNCC2)cc1. The number of amides is 1. The van der Waals surface area contributed by atoms with Crippen LogP contribution in [0.4, 0.5) is 0 Å². The molecule has 1 heterocycles. The summed E-state index contributed by atoms with van der Waals surface area (Å²) in [6, 6.07) is 8.46. The first-order chi connectivity index (χ1) is 10.7. The quantitative estimate of drug-likeness (QED) is 0.908. The lowest BCUT2D eigenvalue weighted by atomic mass is 10.0. The number of hydrogen-bond donors (Lipinski definition) is 1. The minimum Gasteiger partial charge on any atom is -0.497 e. The number of carbonyl (C=O) groups is 1. The zero-order chi connectivity index (χ0) is 15.5. The van der Waals surface area contributed by atoms with E-state index < -0.39 is 0 Å². The number of benzene rings is 1. The van der Waals surface area contributed by atoms with E-state index in [2.05, 4.69) is 29.3 Å². The van der Waals surface area contributed by atoms with Crippen LogP contribution in [0.15, 0.2) is 24.3 Å². The topological polar surface area (TPSA) is 41.6 Å². The van der Waals surface area contributed by atoms with Crippen LogP contribution in [0, 0.1) is 11.8 Å². The van der Waals surface area contributed by atoms with Crippen LogP contribution in [-0.2, 0) is 11.3 Å².